The Morgan fingerprint density at radius 1 is 1.06 bits per heavy atom. The minimum atomic E-state index is -0.527. The molecule has 6 nitrogen and oxygen atoms in total. The number of carbonyl (C=O) groups excluding carboxylic acids is 1. The summed E-state index contributed by atoms with van der Waals surface area (Å²) in [5, 5.41) is 7.76. The molecule has 1 fully saturated rings. The van der Waals surface area contributed by atoms with E-state index in [4.69, 9.17) is 9.72 Å². The van der Waals surface area contributed by atoms with Crippen molar-refractivity contribution in [2.75, 3.05) is 0 Å². The second kappa shape index (κ2) is 8.84. The topological polar surface area (TPSA) is 68.5 Å². The summed E-state index contributed by atoms with van der Waals surface area (Å²) >= 11 is 0. The summed E-state index contributed by atoms with van der Waals surface area (Å²) in [4.78, 5) is 17.5. The van der Waals surface area contributed by atoms with E-state index in [-0.39, 0.29) is 11.6 Å². The highest BCUT2D eigenvalue weighted by atomic mass is 16.6. The minimum absolute atomic E-state index is 0.369. The Hall–Kier alpha value is -3.67. The number of imidazole rings is 1. The molecule has 1 aliphatic carbocycles. The highest BCUT2D eigenvalue weighted by Crippen LogP contribution is 2.42. The molecule has 0 bridgehead atoms. The molecule has 1 amide bonds. The number of alkyl carbamates (subject to hydrolysis) is 1. The number of rotatable bonds is 5. The summed E-state index contributed by atoms with van der Waals surface area (Å²) in [6.07, 6.45) is 5.23. The Morgan fingerprint density at radius 3 is 2.46 bits per heavy atom. The summed E-state index contributed by atoms with van der Waals surface area (Å²) in [5.41, 5.74) is 6.32. The zero-order valence-corrected chi connectivity index (χ0v) is 20.8. The van der Waals surface area contributed by atoms with Crippen LogP contribution < -0.4 is 5.32 Å². The first-order valence-electron chi connectivity index (χ1n) is 12.3. The number of fused-ring (bicyclic) bond motifs is 1. The maximum atomic E-state index is 12.5. The fourth-order valence-corrected chi connectivity index (χ4v) is 4.85. The molecule has 1 N–H and O–H groups in total. The lowest BCUT2D eigenvalue weighted by atomic mass is 9.71. The van der Waals surface area contributed by atoms with Crippen molar-refractivity contribution < 1.29 is 9.53 Å². The molecule has 0 saturated heterocycles. The average molecular weight is 469 g/mol. The number of benzene rings is 2. The van der Waals surface area contributed by atoms with Crippen molar-refractivity contribution in [3.05, 3.63) is 78.0 Å². The molecule has 2 aromatic carbocycles. The van der Waals surface area contributed by atoms with Gasteiger partial charge in [-0.3, -0.25) is 0 Å². The van der Waals surface area contributed by atoms with Crippen LogP contribution in [0.1, 0.15) is 58.1 Å². The fourth-order valence-electron chi connectivity index (χ4n) is 4.85. The maximum absolute atomic E-state index is 12.5. The van der Waals surface area contributed by atoms with E-state index in [0.717, 1.165) is 59.4 Å². The van der Waals surface area contributed by atoms with E-state index in [1.54, 1.807) is 6.20 Å². The van der Waals surface area contributed by atoms with E-state index < -0.39 is 5.60 Å². The van der Waals surface area contributed by atoms with Gasteiger partial charge in [-0.05, 0) is 69.7 Å². The van der Waals surface area contributed by atoms with Crippen LogP contribution >= 0.6 is 0 Å². The molecule has 5 rings (SSSR count). The molecular weight excluding hydrogens is 436 g/mol. The molecule has 0 radical (unpaired) electrons. The van der Waals surface area contributed by atoms with Crippen molar-refractivity contribution >= 4 is 11.7 Å². The lowest BCUT2D eigenvalue weighted by molar-refractivity contribution is 0.0377. The monoisotopic (exact) mass is 468 g/mol. The van der Waals surface area contributed by atoms with Crippen LogP contribution in [0.4, 0.5) is 4.79 Å². The standard InChI is InChI=1S/C29H32N4O2/c1-5-20-10-6-7-11-23(20)26-25(31-24-12-8-19-30-33(24)26)21-13-15-22(16-14-21)29(17-9-18-29)32-27(34)35-28(2,3)4/h6-8,10-16,19H,5,9,17-18H2,1-4H3,(H,32,34). The average Bonchev–Trinajstić information content (AvgIpc) is 3.20. The highest BCUT2D eigenvalue weighted by molar-refractivity contribution is 5.83. The van der Waals surface area contributed by atoms with Crippen LogP contribution in [0, 0.1) is 0 Å². The molecular formula is C29H32N4O2. The van der Waals surface area contributed by atoms with Crippen molar-refractivity contribution in [2.24, 2.45) is 0 Å². The Balaban J connectivity index is 1.53. The summed E-state index contributed by atoms with van der Waals surface area (Å²) in [6.45, 7) is 7.81. The summed E-state index contributed by atoms with van der Waals surface area (Å²) in [5.74, 6) is 0. The maximum Gasteiger partial charge on any atom is 0.408 e. The number of hydrogen-bond donors (Lipinski definition) is 1. The van der Waals surface area contributed by atoms with Gasteiger partial charge in [0.05, 0.1) is 11.2 Å². The lowest BCUT2D eigenvalue weighted by Gasteiger charge is -2.43. The molecule has 6 heteroatoms. The summed E-state index contributed by atoms with van der Waals surface area (Å²) < 4.78 is 7.46. The van der Waals surface area contributed by atoms with Gasteiger partial charge in [-0.2, -0.15) is 5.10 Å². The first-order valence-corrected chi connectivity index (χ1v) is 12.3. The van der Waals surface area contributed by atoms with E-state index in [1.165, 1.54) is 5.56 Å². The second-order valence-electron chi connectivity index (χ2n) is 10.3. The largest absolute Gasteiger partial charge is 0.444 e. The Morgan fingerprint density at radius 2 is 1.80 bits per heavy atom. The first-order chi connectivity index (χ1) is 16.8. The van der Waals surface area contributed by atoms with Gasteiger partial charge in [0.25, 0.3) is 0 Å². The quantitative estimate of drug-likeness (QED) is 0.362. The third-order valence-corrected chi connectivity index (χ3v) is 6.70. The van der Waals surface area contributed by atoms with Crippen LogP contribution in [0.15, 0.2) is 66.9 Å². The smallest absolute Gasteiger partial charge is 0.408 e. The highest BCUT2D eigenvalue weighted by Gasteiger charge is 2.41. The summed E-state index contributed by atoms with van der Waals surface area (Å²) in [7, 11) is 0. The Bertz CT molecular complexity index is 1360. The van der Waals surface area contributed by atoms with E-state index in [0.29, 0.717) is 0 Å². The number of ether oxygens (including phenoxy) is 1. The van der Waals surface area contributed by atoms with Crippen LogP contribution in [0.2, 0.25) is 0 Å². The third kappa shape index (κ3) is 4.41. The van der Waals surface area contributed by atoms with E-state index in [1.807, 2.05) is 37.4 Å². The van der Waals surface area contributed by atoms with Gasteiger partial charge in [-0.1, -0.05) is 55.5 Å². The molecule has 2 aromatic heterocycles. The molecule has 0 spiro atoms. The summed E-state index contributed by atoms with van der Waals surface area (Å²) in [6, 6.07) is 20.8. The predicted molar refractivity (Wildman–Crippen MR) is 138 cm³/mol. The molecule has 1 aliphatic rings. The van der Waals surface area contributed by atoms with Crippen molar-refractivity contribution in [3.63, 3.8) is 0 Å². The van der Waals surface area contributed by atoms with Crippen molar-refractivity contribution in [3.8, 4) is 22.5 Å². The van der Waals surface area contributed by atoms with Gasteiger partial charge >= 0.3 is 6.09 Å². The van der Waals surface area contributed by atoms with E-state index >= 15 is 0 Å². The number of aromatic nitrogens is 3. The van der Waals surface area contributed by atoms with Gasteiger partial charge < -0.3 is 10.1 Å². The minimum Gasteiger partial charge on any atom is -0.444 e. The second-order valence-corrected chi connectivity index (χ2v) is 10.3. The molecule has 180 valence electrons. The Kier molecular flexibility index (Phi) is 5.83. The molecule has 0 aliphatic heterocycles. The Labute approximate surface area is 206 Å². The molecule has 0 atom stereocenters. The number of amides is 1. The normalized spacial score (nSPS) is 15.0. The van der Waals surface area contributed by atoms with Crippen LogP contribution in [0.25, 0.3) is 28.2 Å². The number of nitrogens with one attached hydrogen (secondary N) is 1. The predicted octanol–water partition coefficient (Wildman–Crippen LogP) is 6.53. The molecule has 35 heavy (non-hydrogen) atoms. The number of nitrogens with zero attached hydrogens (tertiary/aromatic N) is 3. The number of aryl methyl sites for hydroxylation is 1. The first kappa shape index (κ1) is 23.1. The SMILES string of the molecule is CCc1ccccc1-c1c(-c2ccc(C3(NC(=O)OC(C)(C)C)CCC3)cc2)nc2cccnn12. The van der Waals surface area contributed by atoms with E-state index in [9.17, 15) is 4.79 Å². The number of carbonyl (C=O) groups is 1. The molecule has 0 unspecified atom stereocenters. The molecule has 1 saturated carbocycles. The lowest BCUT2D eigenvalue weighted by Crippen LogP contribution is -2.52. The van der Waals surface area contributed by atoms with Gasteiger partial charge in [-0.25, -0.2) is 14.3 Å². The van der Waals surface area contributed by atoms with Crippen molar-refractivity contribution in [1.82, 2.24) is 19.9 Å². The van der Waals surface area contributed by atoms with Crippen LogP contribution in [-0.4, -0.2) is 26.3 Å². The van der Waals surface area contributed by atoms with Crippen LogP contribution in [0.5, 0.6) is 0 Å². The molecule has 2 heterocycles. The fraction of sp³-hybridized carbons (Fsp3) is 0.345. The van der Waals surface area contributed by atoms with Crippen LogP contribution in [-0.2, 0) is 16.7 Å². The zero-order valence-electron chi connectivity index (χ0n) is 20.8. The zero-order chi connectivity index (χ0) is 24.6. The van der Waals surface area contributed by atoms with Gasteiger partial charge in [0.1, 0.15) is 11.3 Å². The van der Waals surface area contributed by atoms with Crippen molar-refractivity contribution in [2.45, 2.75) is 64.5 Å². The van der Waals surface area contributed by atoms with Gasteiger partial charge in [0.15, 0.2) is 5.65 Å². The third-order valence-electron chi connectivity index (χ3n) is 6.70. The molecule has 4 aromatic rings. The van der Waals surface area contributed by atoms with E-state index in [2.05, 4.69) is 65.9 Å². The van der Waals surface area contributed by atoms with Gasteiger partial charge in [0, 0.05) is 17.3 Å². The van der Waals surface area contributed by atoms with Crippen molar-refractivity contribution in [1.29, 1.82) is 0 Å². The van der Waals surface area contributed by atoms with Gasteiger partial charge in [0.2, 0.25) is 0 Å². The number of hydrogen-bond acceptors (Lipinski definition) is 4. The van der Waals surface area contributed by atoms with Crippen LogP contribution in [0.3, 0.4) is 0 Å². The van der Waals surface area contributed by atoms with Gasteiger partial charge in [-0.15, -0.1) is 0 Å².